The zero-order chi connectivity index (χ0) is 8.97. The second-order valence-corrected chi connectivity index (χ2v) is 2.20. The summed E-state index contributed by atoms with van der Waals surface area (Å²) < 4.78 is 24.8. The van der Waals surface area contributed by atoms with Crippen molar-refractivity contribution in [2.75, 3.05) is 0 Å². The number of aromatic nitrogens is 4. The van der Waals surface area contributed by atoms with Crippen LogP contribution in [0.25, 0.3) is 0 Å². The lowest BCUT2D eigenvalue weighted by Crippen LogP contribution is -2.11. The third kappa shape index (κ3) is 2.19. The minimum atomic E-state index is -2.33. The van der Waals surface area contributed by atoms with Gasteiger partial charge in [0.15, 0.2) is 5.82 Å². The molecule has 1 heterocycles. The maximum atomic E-state index is 11.7. The average molecular weight is 177 g/mol. The third-order valence-corrected chi connectivity index (χ3v) is 1.35. The molecule has 68 valence electrons. The highest BCUT2D eigenvalue weighted by molar-refractivity contribution is 4.77. The molecule has 0 bridgehead atoms. The van der Waals surface area contributed by atoms with E-state index in [0.717, 1.165) is 0 Å². The fourth-order valence-corrected chi connectivity index (χ4v) is 0.763. The molecule has 1 aromatic rings. The van der Waals surface area contributed by atoms with Gasteiger partial charge in [0.1, 0.15) is 0 Å². The van der Waals surface area contributed by atoms with E-state index in [2.05, 4.69) is 15.5 Å². The fraction of sp³-hybridized carbons (Fsp3) is 0.800. The third-order valence-electron chi connectivity index (χ3n) is 1.35. The van der Waals surface area contributed by atoms with E-state index < -0.39 is 6.43 Å². The van der Waals surface area contributed by atoms with Gasteiger partial charge in [-0.15, -0.1) is 5.10 Å². The molecule has 0 saturated heterocycles. The lowest BCUT2D eigenvalue weighted by atomic mass is 10.4. The van der Waals surface area contributed by atoms with Crippen LogP contribution < -0.4 is 5.73 Å². The van der Waals surface area contributed by atoms with Gasteiger partial charge >= 0.3 is 0 Å². The molecule has 12 heavy (non-hydrogen) atoms. The molecular weight excluding hydrogens is 168 g/mol. The van der Waals surface area contributed by atoms with Crippen molar-refractivity contribution >= 4 is 0 Å². The van der Waals surface area contributed by atoms with Crippen LogP contribution >= 0.6 is 0 Å². The highest BCUT2D eigenvalue weighted by Gasteiger charge is 2.07. The molecule has 0 aliphatic rings. The fourth-order valence-electron chi connectivity index (χ4n) is 0.763. The number of halogens is 2. The lowest BCUT2D eigenvalue weighted by molar-refractivity contribution is 0.129. The van der Waals surface area contributed by atoms with Gasteiger partial charge in [-0.1, -0.05) is 0 Å². The van der Waals surface area contributed by atoms with Crippen molar-refractivity contribution in [1.82, 2.24) is 20.2 Å². The van der Waals surface area contributed by atoms with Gasteiger partial charge in [-0.05, 0) is 10.4 Å². The number of alkyl halides is 2. The Morgan fingerprint density at radius 1 is 1.50 bits per heavy atom. The van der Waals surface area contributed by atoms with Crippen LogP contribution in [-0.4, -0.2) is 26.6 Å². The van der Waals surface area contributed by atoms with E-state index in [1.54, 1.807) is 0 Å². The lowest BCUT2D eigenvalue weighted by Gasteiger charge is -2.00. The van der Waals surface area contributed by atoms with E-state index in [4.69, 9.17) is 5.73 Å². The topological polar surface area (TPSA) is 69.6 Å². The summed E-state index contributed by atoms with van der Waals surface area (Å²) in [5.41, 5.74) is 5.25. The average Bonchev–Trinajstić information content (AvgIpc) is 2.47. The summed E-state index contributed by atoms with van der Waals surface area (Å²) in [7, 11) is 0. The quantitative estimate of drug-likeness (QED) is 0.690. The largest absolute Gasteiger partial charge is 0.324 e. The normalized spacial score (nSPS) is 11.0. The molecule has 0 aliphatic carbocycles. The van der Waals surface area contributed by atoms with Crippen molar-refractivity contribution in [2.24, 2.45) is 5.73 Å². The highest BCUT2D eigenvalue weighted by atomic mass is 19.3. The molecule has 2 N–H and O–H groups in total. The second-order valence-electron chi connectivity index (χ2n) is 2.20. The molecular formula is C5H9F2N5. The molecule has 1 rings (SSSR count). The Morgan fingerprint density at radius 3 is 2.83 bits per heavy atom. The first-order chi connectivity index (χ1) is 5.74. The van der Waals surface area contributed by atoms with Crippen LogP contribution in [0.15, 0.2) is 0 Å². The monoisotopic (exact) mass is 177 g/mol. The van der Waals surface area contributed by atoms with Gasteiger partial charge in [0.05, 0.1) is 13.1 Å². The number of aryl methyl sites for hydroxylation is 1. The molecule has 0 atom stereocenters. The van der Waals surface area contributed by atoms with Gasteiger partial charge in [-0.3, -0.25) is 0 Å². The number of tetrazole rings is 1. The molecule has 0 saturated carbocycles. The van der Waals surface area contributed by atoms with Gasteiger partial charge in [0, 0.05) is 6.42 Å². The minimum absolute atomic E-state index is 0.108. The van der Waals surface area contributed by atoms with Gasteiger partial charge in [0.25, 0.3) is 0 Å². The Morgan fingerprint density at radius 2 is 2.25 bits per heavy atom. The first-order valence-corrected chi connectivity index (χ1v) is 3.47. The smallest absolute Gasteiger partial charge is 0.240 e. The van der Waals surface area contributed by atoms with Crippen LogP contribution in [0.4, 0.5) is 8.78 Å². The molecule has 1 aromatic heterocycles. The summed E-state index contributed by atoms with van der Waals surface area (Å²) in [6.07, 6.45) is -2.59. The second kappa shape index (κ2) is 4.05. The summed E-state index contributed by atoms with van der Waals surface area (Å²) in [5.74, 6) is 0.427. The summed E-state index contributed by atoms with van der Waals surface area (Å²) in [5, 5.41) is 10.4. The predicted octanol–water partition coefficient (Wildman–Crippen LogP) is -0.213. The summed E-state index contributed by atoms with van der Waals surface area (Å²) in [4.78, 5) is 0. The zero-order valence-corrected chi connectivity index (χ0v) is 6.32. The zero-order valence-electron chi connectivity index (χ0n) is 6.32. The molecule has 0 aromatic carbocycles. The summed E-state index contributed by atoms with van der Waals surface area (Å²) >= 11 is 0. The maximum absolute atomic E-state index is 11.7. The van der Waals surface area contributed by atoms with Crippen molar-refractivity contribution in [3.63, 3.8) is 0 Å². The Kier molecular flexibility index (Phi) is 3.03. The van der Waals surface area contributed by atoms with Gasteiger partial charge in [-0.25, -0.2) is 13.5 Å². The number of rotatable bonds is 4. The predicted molar refractivity (Wildman–Crippen MR) is 36.3 cm³/mol. The van der Waals surface area contributed by atoms with E-state index in [9.17, 15) is 8.78 Å². The SMILES string of the molecule is NCc1nnnn1CCC(F)F. The Bertz CT molecular complexity index is 235. The number of nitrogens with two attached hydrogens (primary N) is 1. The van der Waals surface area contributed by atoms with Crippen molar-refractivity contribution in [2.45, 2.75) is 25.9 Å². The van der Waals surface area contributed by atoms with E-state index in [1.165, 1.54) is 4.68 Å². The molecule has 0 amide bonds. The molecule has 7 heteroatoms. The Hall–Kier alpha value is -1.11. The van der Waals surface area contributed by atoms with E-state index in [1.807, 2.05) is 0 Å². The Labute approximate surface area is 67.5 Å². The van der Waals surface area contributed by atoms with Crippen molar-refractivity contribution in [3.05, 3.63) is 5.82 Å². The highest BCUT2D eigenvalue weighted by Crippen LogP contribution is 2.01. The van der Waals surface area contributed by atoms with Crippen LogP contribution in [0, 0.1) is 0 Å². The van der Waals surface area contributed by atoms with Gasteiger partial charge in [-0.2, -0.15) is 0 Å². The van der Waals surface area contributed by atoms with Gasteiger partial charge < -0.3 is 5.73 Å². The van der Waals surface area contributed by atoms with Crippen LogP contribution in [0.1, 0.15) is 12.2 Å². The first-order valence-electron chi connectivity index (χ1n) is 3.47. The van der Waals surface area contributed by atoms with Crippen LogP contribution in [0.5, 0.6) is 0 Å². The van der Waals surface area contributed by atoms with Crippen LogP contribution in [-0.2, 0) is 13.1 Å². The van der Waals surface area contributed by atoms with E-state index in [-0.39, 0.29) is 19.5 Å². The molecule has 0 spiro atoms. The molecule has 5 nitrogen and oxygen atoms in total. The molecule has 0 radical (unpaired) electrons. The summed E-state index contributed by atoms with van der Waals surface area (Å²) in [6, 6.07) is 0. The first kappa shape index (κ1) is 8.98. The number of hydrogen-bond donors (Lipinski definition) is 1. The minimum Gasteiger partial charge on any atom is -0.324 e. The Balaban J connectivity index is 2.50. The van der Waals surface area contributed by atoms with E-state index in [0.29, 0.717) is 5.82 Å². The van der Waals surface area contributed by atoms with Gasteiger partial charge in [0.2, 0.25) is 6.43 Å². The van der Waals surface area contributed by atoms with Crippen molar-refractivity contribution in [1.29, 1.82) is 0 Å². The molecule has 0 fully saturated rings. The maximum Gasteiger partial charge on any atom is 0.240 e. The van der Waals surface area contributed by atoms with Crippen LogP contribution in [0.2, 0.25) is 0 Å². The summed E-state index contributed by atoms with van der Waals surface area (Å²) in [6.45, 7) is 0.271. The number of nitrogens with zero attached hydrogens (tertiary/aromatic N) is 4. The van der Waals surface area contributed by atoms with Crippen LogP contribution in [0.3, 0.4) is 0 Å². The molecule has 0 aliphatic heterocycles. The molecule has 0 unspecified atom stereocenters. The standard InChI is InChI=1S/C5H9F2N5/c6-4(7)1-2-12-5(3-8)9-10-11-12/h4H,1-3,8H2. The van der Waals surface area contributed by atoms with E-state index >= 15 is 0 Å². The van der Waals surface area contributed by atoms with Crippen molar-refractivity contribution < 1.29 is 8.78 Å². The number of hydrogen-bond acceptors (Lipinski definition) is 4. The van der Waals surface area contributed by atoms with Crippen molar-refractivity contribution in [3.8, 4) is 0 Å².